The van der Waals surface area contributed by atoms with Crippen LogP contribution < -0.4 is 0 Å². The van der Waals surface area contributed by atoms with Gasteiger partial charge in [-0.1, -0.05) is 44.2 Å². The Balaban J connectivity index is 3.51. The molecule has 0 atom stereocenters. The molecule has 0 aliphatic rings. The number of hydrogen-bond donors (Lipinski definition) is 0. The molecule has 1 rings (SSSR count). The molecule has 0 saturated carbocycles. The number of benzene rings is 1. The molecule has 0 aliphatic heterocycles. The zero-order valence-electron chi connectivity index (χ0n) is 11.6. The molecule has 0 radical (unpaired) electrons. The van der Waals surface area contributed by atoms with E-state index < -0.39 is 11.9 Å². The molecule has 0 saturated heterocycles. The minimum absolute atomic E-state index is 0.0180. The van der Waals surface area contributed by atoms with E-state index in [2.05, 4.69) is 0 Å². The average molecular weight is 262 g/mol. The number of carbonyl (C=O) groups excluding carboxylic acids is 2. The molecule has 19 heavy (non-hydrogen) atoms. The third-order valence-corrected chi connectivity index (χ3v) is 2.71. The fourth-order valence-corrected chi connectivity index (χ4v) is 1.89. The van der Waals surface area contributed by atoms with Crippen LogP contribution in [0.4, 0.5) is 0 Å². The van der Waals surface area contributed by atoms with E-state index in [0.29, 0.717) is 5.57 Å². The lowest BCUT2D eigenvalue weighted by Gasteiger charge is -2.16. The van der Waals surface area contributed by atoms with Crippen molar-refractivity contribution in [3.63, 3.8) is 0 Å². The van der Waals surface area contributed by atoms with E-state index in [4.69, 9.17) is 9.47 Å². The van der Waals surface area contributed by atoms with Crippen LogP contribution >= 0.6 is 0 Å². The number of esters is 2. The van der Waals surface area contributed by atoms with Gasteiger partial charge in [0.1, 0.15) is 5.57 Å². The van der Waals surface area contributed by atoms with Gasteiger partial charge in [0.25, 0.3) is 0 Å². The van der Waals surface area contributed by atoms with Crippen LogP contribution in [0.25, 0.3) is 5.57 Å². The SMILES string of the molecule is COC(=O)C(C(=O)OC)=C(c1ccccc1)C(C)C. The summed E-state index contributed by atoms with van der Waals surface area (Å²) >= 11 is 0. The number of hydrogen-bond acceptors (Lipinski definition) is 4. The van der Waals surface area contributed by atoms with Crippen molar-refractivity contribution in [2.24, 2.45) is 5.92 Å². The highest BCUT2D eigenvalue weighted by molar-refractivity contribution is 6.20. The maximum absolute atomic E-state index is 11.9. The van der Waals surface area contributed by atoms with Gasteiger partial charge in [0, 0.05) is 0 Å². The Kier molecular flexibility index (Phi) is 5.30. The van der Waals surface area contributed by atoms with Crippen LogP contribution in [0.15, 0.2) is 35.9 Å². The highest BCUT2D eigenvalue weighted by atomic mass is 16.5. The second-order valence-electron chi connectivity index (χ2n) is 4.29. The monoisotopic (exact) mass is 262 g/mol. The lowest BCUT2D eigenvalue weighted by Crippen LogP contribution is -2.19. The lowest BCUT2D eigenvalue weighted by molar-refractivity contribution is -0.143. The van der Waals surface area contributed by atoms with E-state index in [-0.39, 0.29) is 11.5 Å². The molecule has 0 N–H and O–H groups in total. The van der Waals surface area contributed by atoms with E-state index >= 15 is 0 Å². The van der Waals surface area contributed by atoms with Crippen LogP contribution in [0.1, 0.15) is 19.4 Å². The van der Waals surface area contributed by atoms with Gasteiger partial charge < -0.3 is 9.47 Å². The number of ether oxygens (including phenoxy) is 2. The van der Waals surface area contributed by atoms with Crippen LogP contribution in [0.5, 0.6) is 0 Å². The minimum Gasteiger partial charge on any atom is -0.465 e. The second kappa shape index (κ2) is 6.73. The fourth-order valence-electron chi connectivity index (χ4n) is 1.89. The Morgan fingerprint density at radius 1 is 0.947 bits per heavy atom. The molecular formula is C15H18O4. The Labute approximate surface area is 113 Å². The summed E-state index contributed by atoms with van der Waals surface area (Å²) in [7, 11) is 2.49. The number of methoxy groups -OCH3 is 2. The summed E-state index contributed by atoms with van der Waals surface area (Å²) < 4.78 is 9.38. The van der Waals surface area contributed by atoms with Gasteiger partial charge in [-0.15, -0.1) is 0 Å². The van der Waals surface area contributed by atoms with Crippen molar-refractivity contribution in [3.05, 3.63) is 41.5 Å². The van der Waals surface area contributed by atoms with Gasteiger partial charge >= 0.3 is 11.9 Å². The van der Waals surface area contributed by atoms with Gasteiger partial charge in [-0.3, -0.25) is 0 Å². The number of allylic oxidation sites excluding steroid dienone is 1. The summed E-state index contributed by atoms with van der Waals surface area (Å²) in [5.74, 6) is -1.38. The van der Waals surface area contributed by atoms with Gasteiger partial charge in [0.05, 0.1) is 14.2 Å². The lowest BCUT2D eigenvalue weighted by atomic mass is 9.90. The zero-order valence-corrected chi connectivity index (χ0v) is 11.6. The molecule has 0 fully saturated rings. The van der Waals surface area contributed by atoms with Crippen LogP contribution in [-0.2, 0) is 19.1 Å². The number of carbonyl (C=O) groups is 2. The van der Waals surface area contributed by atoms with Crippen molar-refractivity contribution in [1.82, 2.24) is 0 Å². The Morgan fingerprint density at radius 3 is 1.79 bits per heavy atom. The predicted molar refractivity (Wildman–Crippen MR) is 72.2 cm³/mol. The largest absolute Gasteiger partial charge is 0.465 e. The van der Waals surface area contributed by atoms with Gasteiger partial charge in [-0.2, -0.15) is 0 Å². The van der Waals surface area contributed by atoms with E-state index in [9.17, 15) is 9.59 Å². The maximum Gasteiger partial charge on any atom is 0.345 e. The van der Waals surface area contributed by atoms with E-state index in [1.807, 2.05) is 44.2 Å². The third-order valence-electron chi connectivity index (χ3n) is 2.71. The highest BCUT2D eigenvalue weighted by Gasteiger charge is 2.27. The fraction of sp³-hybridized carbons (Fsp3) is 0.333. The summed E-state index contributed by atoms with van der Waals surface area (Å²) in [6.07, 6.45) is 0. The van der Waals surface area contributed by atoms with Crippen molar-refractivity contribution in [1.29, 1.82) is 0 Å². The molecular weight excluding hydrogens is 244 g/mol. The Bertz CT molecular complexity index is 468. The molecule has 102 valence electrons. The summed E-state index contributed by atoms with van der Waals surface area (Å²) in [6, 6.07) is 9.27. The van der Waals surface area contributed by atoms with Gasteiger partial charge in [-0.25, -0.2) is 9.59 Å². The topological polar surface area (TPSA) is 52.6 Å². The van der Waals surface area contributed by atoms with E-state index in [0.717, 1.165) is 5.56 Å². The Morgan fingerprint density at radius 2 is 1.42 bits per heavy atom. The van der Waals surface area contributed by atoms with Crippen molar-refractivity contribution >= 4 is 17.5 Å². The van der Waals surface area contributed by atoms with Crippen molar-refractivity contribution < 1.29 is 19.1 Å². The van der Waals surface area contributed by atoms with Crippen molar-refractivity contribution in [3.8, 4) is 0 Å². The average Bonchev–Trinajstić information content (AvgIpc) is 2.43. The smallest absolute Gasteiger partial charge is 0.345 e. The van der Waals surface area contributed by atoms with Crippen molar-refractivity contribution in [2.75, 3.05) is 14.2 Å². The quantitative estimate of drug-likeness (QED) is 0.362. The molecule has 4 nitrogen and oxygen atoms in total. The zero-order chi connectivity index (χ0) is 14.4. The first-order valence-electron chi connectivity index (χ1n) is 5.99. The third kappa shape index (κ3) is 3.44. The van der Waals surface area contributed by atoms with E-state index in [1.54, 1.807) is 0 Å². The molecule has 1 aromatic carbocycles. The summed E-state index contributed by atoms with van der Waals surface area (Å²) in [4.78, 5) is 23.7. The van der Waals surface area contributed by atoms with Crippen LogP contribution in [-0.4, -0.2) is 26.2 Å². The Hall–Kier alpha value is -2.10. The minimum atomic E-state index is -0.681. The van der Waals surface area contributed by atoms with Gasteiger partial charge in [-0.05, 0) is 17.1 Å². The maximum atomic E-state index is 11.9. The molecule has 0 bridgehead atoms. The molecule has 0 unspecified atom stereocenters. The predicted octanol–water partition coefficient (Wildman–Crippen LogP) is 2.44. The molecule has 0 heterocycles. The first kappa shape index (κ1) is 15.0. The highest BCUT2D eigenvalue weighted by Crippen LogP contribution is 2.28. The standard InChI is InChI=1S/C15H18O4/c1-10(2)12(11-8-6-5-7-9-11)13(14(16)18-3)15(17)19-4/h5-10H,1-4H3. The van der Waals surface area contributed by atoms with E-state index in [1.165, 1.54) is 14.2 Å². The molecule has 0 aromatic heterocycles. The van der Waals surface area contributed by atoms with Crippen LogP contribution in [0.2, 0.25) is 0 Å². The normalized spacial score (nSPS) is 9.95. The number of rotatable bonds is 4. The molecule has 0 aliphatic carbocycles. The summed E-state index contributed by atoms with van der Waals surface area (Å²) in [6.45, 7) is 3.82. The van der Waals surface area contributed by atoms with Crippen LogP contribution in [0, 0.1) is 5.92 Å². The molecule has 1 aromatic rings. The second-order valence-corrected chi connectivity index (χ2v) is 4.29. The van der Waals surface area contributed by atoms with Crippen LogP contribution in [0.3, 0.4) is 0 Å². The summed E-state index contributed by atoms with van der Waals surface area (Å²) in [5.41, 5.74) is 1.38. The molecule has 0 amide bonds. The first-order valence-corrected chi connectivity index (χ1v) is 5.99. The van der Waals surface area contributed by atoms with Crippen molar-refractivity contribution in [2.45, 2.75) is 13.8 Å². The molecule has 4 heteroatoms. The molecule has 0 spiro atoms. The van der Waals surface area contributed by atoms with Gasteiger partial charge in [0.2, 0.25) is 0 Å². The first-order chi connectivity index (χ1) is 9.02. The van der Waals surface area contributed by atoms with Gasteiger partial charge in [0.15, 0.2) is 0 Å². The summed E-state index contributed by atoms with van der Waals surface area (Å²) in [5, 5.41) is 0.